The second kappa shape index (κ2) is 8.48. The van der Waals surface area contributed by atoms with Gasteiger partial charge in [0.15, 0.2) is 5.82 Å². The molecule has 1 heterocycles. The van der Waals surface area contributed by atoms with Gasteiger partial charge in [0.2, 0.25) is 0 Å². The van der Waals surface area contributed by atoms with E-state index in [0.717, 1.165) is 36.8 Å². The molecule has 1 aromatic heterocycles. The Labute approximate surface area is 172 Å². The highest BCUT2D eigenvalue weighted by Gasteiger charge is 2.31. The molecule has 0 spiro atoms. The van der Waals surface area contributed by atoms with Crippen molar-refractivity contribution in [3.63, 3.8) is 0 Å². The Hall–Kier alpha value is -3.49. The molecular formula is C21H22FN5O3. The normalized spacial score (nSPS) is 14.5. The van der Waals surface area contributed by atoms with Crippen molar-refractivity contribution in [3.05, 3.63) is 64.8 Å². The van der Waals surface area contributed by atoms with Crippen molar-refractivity contribution in [1.82, 2.24) is 19.8 Å². The van der Waals surface area contributed by atoms with E-state index in [1.165, 1.54) is 25.3 Å². The molecule has 4 rings (SSSR count). The molecule has 0 N–H and O–H groups in total. The van der Waals surface area contributed by atoms with E-state index in [1.807, 2.05) is 30.3 Å². The Morgan fingerprint density at radius 2 is 1.80 bits per heavy atom. The SMILES string of the molecule is COc1cccc(F)c1-n1nnn(C(=O)N(c2ccccc2)C2CCCCC2)c1=O. The second-order valence-electron chi connectivity index (χ2n) is 7.16. The van der Waals surface area contributed by atoms with Crippen molar-refractivity contribution in [3.8, 4) is 11.4 Å². The molecule has 1 aliphatic rings. The van der Waals surface area contributed by atoms with Gasteiger partial charge in [-0.25, -0.2) is 14.0 Å². The molecule has 0 radical (unpaired) electrons. The molecule has 9 heteroatoms. The Morgan fingerprint density at radius 1 is 1.07 bits per heavy atom. The highest BCUT2D eigenvalue weighted by atomic mass is 19.1. The number of benzene rings is 2. The van der Waals surface area contributed by atoms with Crippen molar-refractivity contribution in [1.29, 1.82) is 0 Å². The minimum Gasteiger partial charge on any atom is -0.494 e. The van der Waals surface area contributed by atoms with E-state index < -0.39 is 17.5 Å². The van der Waals surface area contributed by atoms with E-state index in [0.29, 0.717) is 10.4 Å². The minimum atomic E-state index is -0.861. The first-order valence-electron chi connectivity index (χ1n) is 9.88. The summed E-state index contributed by atoms with van der Waals surface area (Å²) in [5, 5.41) is 7.50. The van der Waals surface area contributed by atoms with Crippen LogP contribution in [0.1, 0.15) is 32.1 Å². The lowest BCUT2D eigenvalue weighted by atomic mass is 9.94. The molecule has 0 bridgehead atoms. The molecular weight excluding hydrogens is 389 g/mol. The summed E-state index contributed by atoms with van der Waals surface area (Å²) >= 11 is 0. The number of rotatable bonds is 4. The topological polar surface area (TPSA) is 82.2 Å². The molecule has 1 saturated carbocycles. The summed E-state index contributed by atoms with van der Waals surface area (Å²) in [6.45, 7) is 0. The molecule has 3 aromatic rings. The number of halogens is 1. The molecule has 30 heavy (non-hydrogen) atoms. The number of amides is 1. The van der Waals surface area contributed by atoms with E-state index in [-0.39, 0.29) is 17.5 Å². The molecule has 0 atom stereocenters. The number of para-hydroxylation sites is 2. The Morgan fingerprint density at radius 3 is 2.50 bits per heavy atom. The number of carbonyl (C=O) groups excluding carboxylic acids is 1. The summed E-state index contributed by atoms with van der Waals surface area (Å²) < 4.78 is 21.0. The van der Waals surface area contributed by atoms with Crippen LogP contribution in [-0.2, 0) is 0 Å². The third kappa shape index (κ3) is 3.58. The molecule has 0 saturated heterocycles. The highest BCUT2D eigenvalue weighted by Crippen LogP contribution is 2.28. The van der Waals surface area contributed by atoms with Gasteiger partial charge in [0.25, 0.3) is 0 Å². The van der Waals surface area contributed by atoms with Gasteiger partial charge >= 0.3 is 11.7 Å². The van der Waals surface area contributed by atoms with Crippen molar-refractivity contribution >= 4 is 11.7 Å². The van der Waals surface area contributed by atoms with Crippen LogP contribution in [0.15, 0.2) is 53.3 Å². The third-order valence-electron chi connectivity index (χ3n) is 5.32. The lowest BCUT2D eigenvalue weighted by Crippen LogP contribution is -2.47. The number of ether oxygens (including phenoxy) is 1. The van der Waals surface area contributed by atoms with Gasteiger partial charge < -0.3 is 4.74 Å². The molecule has 8 nitrogen and oxygen atoms in total. The van der Waals surface area contributed by atoms with Crippen LogP contribution in [-0.4, -0.2) is 39.0 Å². The van der Waals surface area contributed by atoms with E-state index in [4.69, 9.17) is 4.74 Å². The Kier molecular flexibility index (Phi) is 5.60. The van der Waals surface area contributed by atoms with Crippen LogP contribution in [0.25, 0.3) is 5.69 Å². The number of carbonyl (C=O) groups is 1. The fourth-order valence-corrected chi connectivity index (χ4v) is 3.88. The number of nitrogens with zero attached hydrogens (tertiary/aromatic N) is 5. The Balaban J connectivity index is 1.76. The molecule has 0 unspecified atom stereocenters. The van der Waals surface area contributed by atoms with Gasteiger partial charge in [0.1, 0.15) is 11.4 Å². The molecule has 1 fully saturated rings. The smallest absolute Gasteiger partial charge is 0.377 e. The van der Waals surface area contributed by atoms with Crippen molar-refractivity contribution in [2.75, 3.05) is 12.0 Å². The summed E-state index contributed by atoms with van der Waals surface area (Å²) in [4.78, 5) is 28.0. The van der Waals surface area contributed by atoms with Crippen LogP contribution in [0.2, 0.25) is 0 Å². The van der Waals surface area contributed by atoms with Gasteiger partial charge in [-0.1, -0.05) is 43.5 Å². The van der Waals surface area contributed by atoms with Crippen LogP contribution in [0.4, 0.5) is 14.9 Å². The zero-order valence-corrected chi connectivity index (χ0v) is 16.6. The summed E-state index contributed by atoms with van der Waals surface area (Å²) in [5.41, 5.74) is -0.368. The van der Waals surface area contributed by atoms with Crippen LogP contribution >= 0.6 is 0 Å². The maximum absolute atomic E-state index is 14.4. The van der Waals surface area contributed by atoms with Crippen molar-refractivity contribution in [2.24, 2.45) is 0 Å². The van der Waals surface area contributed by atoms with E-state index in [2.05, 4.69) is 10.4 Å². The van der Waals surface area contributed by atoms with Gasteiger partial charge in [0.05, 0.1) is 7.11 Å². The van der Waals surface area contributed by atoms with Gasteiger partial charge in [-0.15, -0.1) is 4.68 Å². The maximum Gasteiger partial charge on any atom is 0.377 e. The molecule has 1 amide bonds. The first-order chi connectivity index (χ1) is 14.6. The lowest BCUT2D eigenvalue weighted by molar-refractivity contribution is 0.238. The third-order valence-corrected chi connectivity index (χ3v) is 5.32. The predicted molar refractivity (Wildman–Crippen MR) is 109 cm³/mol. The summed E-state index contributed by atoms with van der Waals surface area (Å²) in [7, 11) is 1.36. The van der Waals surface area contributed by atoms with Crippen molar-refractivity contribution in [2.45, 2.75) is 38.1 Å². The zero-order valence-electron chi connectivity index (χ0n) is 16.6. The van der Waals surface area contributed by atoms with E-state index in [9.17, 15) is 14.0 Å². The number of hydrogen-bond donors (Lipinski definition) is 0. The highest BCUT2D eigenvalue weighted by molar-refractivity contribution is 5.93. The number of anilines is 1. The van der Waals surface area contributed by atoms with Gasteiger partial charge in [0, 0.05) is 11.7 Å². The first-order valence-corrected chi connectivity index (χ1v) is 9.88. The quantitative estimate of drug-likeness (QED) is 0.615. The monoisotopic (exact) mass is 411 g/mol. The van der Waals surface area contributed by atoms with Crippen LogP contribution in [0.3, 0.4) is 0 Å². The summed E-state index contributed by atoms with van der Waals surface area (Å²) in [5.74, 6) is -0.591. The summed E-state index contributed by atoms with van der Waals surface area (Å²) in [6.07, 6.45) is 4.82. The Bertz CT molecular complexity index is 1090. The average Bonchev–Trinajstić information content (AvgIpc) is 3.16. The molecule has 1 aliphatic carbocycles. The molecule has 156 valence electrons. The standard InChI is InChI=1S/C21H22FN5O3/c1-30-18-14-8-13-17(22)19(18)26-21(29)27(24-23-26)20(28)25(15-9-4-2-5-10-15)16-11-6-3-7-12-16/h2,4-5,8-10,13-14,16H,3,6-7,11-12H2,1H3. The maximum atomic E-state index is 14.4. The van der Waals surface area contributed by atoms with Gasteiger partial charge in [-0.05, 0) is 47.5 Å². The van der Waals surface area contributed by atoms with E-state index >= 15 is 0 Å². The number of tetrazole rings is 1. The zero-order chi connectivity index (χ0) is 21.1. The predicted octanol–water partition coefficient (Wildman–Crippen LogP) is 3.38. The van der Waals surface area contributed by atoms with E-state index in [1.54, 1.807) is 4.90 Å². The van der Waals surface area contributed by atoms with Gasteiger partial charge in [-0.2, -0.15) is 4.68 Å². The number of methoxy groups -OCH3 is 1. The lowest BCUT2D eigenvalue weighted by Gasteiger charge is -2.33. The molecule has 0 aliphatic heterocycles. The number of hydrogen-bond acceptors (Lipinski definition) is 5. The fourth-order valence-electron chi connectivity index (χ4n) is 3.88. The van der Waals surface area contributed by atoms with Gasteiger partial charge in [-0.3, -0.25) is 4.90 Å². The van der Waals surface area contributed by atoms with Crippen molar-refractivity contribution < 1.29 is 13.9 Å². The summed E-state index contributed by atoms with van der Waals surface area (Å²) in [6, 6.07) is 12.7. The largest absolute Gasteiger partial charge is 0.494 e. The van der Waals surface area contributed by atoms with Crippen LogP contribution in [0.5, 0.6) is 5.75 Å². The molecule has 2 aromatic carbocycles. The second-order valence-corrected chi connectivity index (χ2v) is 7.16. The average molecular weight is 411 g/mol. The number of aromatic nitrogens is 4. The minimum absolute atomic E-state index is 0.0475. The van der Waals surface area contributed by atoms with Crippen LogP contribution in [0, 0.1) is 5.82 Å². The fraction of sp³-hybridized carbons (Fsp3) is 0.333. The van der Waals surface area contributed by atoms with Crippen LogP contribution < -0.4 is 15.3 Å². The first kappa shape index (κ1) is 19.8.